The van der Waals surface area contributed by atoms with Crippen LogP contribution < -0.4 is 5.32 Å². The Morgan fingerprint density at radius 3 is 2.75 bits per heavy atom. The van der Waals surface area contributed by atoms with Gasteiger partial charge in [0.05, 0.1) is 10.4 Å². The maximum Gasteiger partial charge on any atom is 0.193 e. The molecule has 0 saturated carbocycles. The molecule has 0 radical (unpaired) electrons. The highest BCUT2D eigenvalue weighted by Crippen LogP contribution is 2.23. The Labute approximate surface area is 124 Å². The molecule has 0 bridgehead atoms. The second-order valence-corrected chi connectivity index (χ2v) is 8.98. The molecule has 0 aliphatic rings. The summed E-state index contributed by atoms with van der Waals surface area (Å²) in [7, 11) is -3.16. The van der Waals surface area contributed by atoms with Gasteiger partial charge in [0, 0.05) is 36.5 Å². The van der Waals surface area contributed by atoms with Crippen LogP contribution in [0.15, 0.2) is 17.8 Å². The summed E-state index contributed by atoms with van der Waals surface area (Å²) in [6.07, 6.45) is 5.82. The molecule has 5 nitrogen and oxygen atoms in total. The number of nitrogens with one attached hydrogen (secondary N) is 1. The molecule has 2 heterocycles. The van der Waals surface area contributed by atoms with Crippen molar-refractivity contribution in [2.24, 2.45) is 0 Å². The number of likely N-dealkylation sites (N-methyl/N-ethyl adjacent to an activating group) is 1. The van der Waals surface area contributed by atoms with E-state index in [9.17, 15) is 8.42 Å². The molecule has 0 spiro atoms. The summed E-state index contributed by atoms with van der Waals surface area (Å²) in [5.74, 6) is 0. The standard InChI is InChI=1S/C13H21N3O2S2/c1-5-14-11(13(2,3)20(4,17)18)8-10-9-16-6-7-19-12(16)15-10/h6-7,9,11,14H,5,8H2,1-4H3. The summed E-state index contributed by atoms with van der Waals surface area (Å²) in [4.78, 5) is 5.47. The van der Waals surface area contributed by atoms with Crippen LogP contribution in [0.2, 0.25) is 0 Å². The molecule has 20 heavy (non-hydrogen) atoms. The molecule has 1 atom stereocenters. The van der Waals surface area contributed by atoms with Gasteiger partial charge < -0.3 is 5.32 Å². The van der Waals surface area contributed by atoms with Crippen LogP contribution in [-0.2, 0) is 16.3 Å². The zero-order valence-electron chi connectivity index (χ0n) is 12.3. The van der Waals surface area contributed by atoms with E-state index in [1.54, 1.807) is 25.2 Å². The Kier molecular flexibility index (Phi) is 4.22. The highest BCUT2D eigenvalue weighted by Gasteiger charge is 2.38. The van der Waals surface area contributed by atoms with Crippen LogP contribution in [0.4, 0.5) is 0 Å². The summed E-state index contributed by atoms with van der Waals surface area (Å²) < 4.78 is 25.2. The van der Waals surface area contributed by atoms with Crippen molar-refractivity contribution in [3.05, 3.63) is 23.5 Å². The summed E-state index contributed by atoms with van der Waals surface area (Å²) in [5, 5.41) is 5.27. The lowest BCUT2D eigenvalue weighted by Gasteiger charge is -2.32. The van der Waals surface area contributed by atoms with Gasteiger partial charge in [-0.25, -0.2) is 13.4 Å². The molecule has 1 N–H and O–H groups in total. The Hall–Kier alpha value is -0.920. The van der Waals surface area contributed by atoms with E-state index < -0.39 is 14.6 Å². The Morgan fingerprint density at radius 2 is 2.20 bits per heavy atom. The number of hydrogen-bond donors (Lipinski definition) is 1. The molecule has 0 aliphatic carbocycles. The summed E-state index contributed by atoms with van der Waals surface area (Å²) >= 11 is 1.57. The van der Waals surface area contributed by atoms with Gasteiger partial charge in [-0.2, -0.15) is 0 Å². The number of nitrogens with zero attached hydrogens (tertiary/aromatic N) is 2. The second-order valence-electron chi connectivity index (χ2n) is 5.52. The van der Waals surface area contributed by atoms with Gasteiger partial charge in [-0.15, -0.1) is 11.3 Å². The van der Waals surface area contributed by atoms with Crippen molar-refractivity contribution in [3.8, 4) is 0 Å². The van der Waals surface area contributed by atoms with Crippen LogP contribution in [0.1, 0.15) is 26.5 Å². The van der Waals surface area contributed by atoms with Crippen LogP contribution in [0, 0.1) is 0 Å². The Morgan fingerprint density at radius 1 is 1.50 bits per heavy atom. The van der Waals surface area contributed by atoms with Gasteiger partial charge in [0.15, 0.2) is 14.8 Å². The number of fused-ring (bicyclic) bond motifs is 1. The third kappa shape index (κ3) is 2.89. The molecule has 0 saturated heterocycles. The average molecular weight is 315 g/mol. The summed E-state index contributed by atoms with van der Waals surface area (Å²) in [6, 6.07) is -0.160. The first kappa shape index (κ1) is 15.5. The molecule has 1 unspecified atom stereocenters. The first-order valence-corrected chi connectivity index (χ1v) is 9.37. The minimum Gasteiger partial charge on any atom is -0.312 e. The van der Waals surface area contributed by atoms with E-state index in [0.717, 1.165) is 17.2 Å². The fourth-order valence-electron chi connectivity index (χ4n) is 2.15. The highest BCUT2D eigenvalue weighted by molar-refractivity contribution is 7.92. The molecule has 0 amide bonds. The van der Waals surface area contributed by atoms with E-state index in [2.05, 4.69) is 10.3 Å². The van der Waals surface area contributed by atoms with Gasteiger partial charge in [-0.1, -0.05) is 6.92 Å². The number of hydrogen-bond acceptors (Lipinski definition) is 5. The smallest absolute Gasteiger partial charge is 0.193 e. The van der Waals surface area contributed by atoms with Gasteiger partial charge in [0.2, 0.25) is 0 Å². The zero-order valence-corrected chi connectivity index (χ0v) is 13.9. The molecular weight excluding hydrogens is 294 g/mol. The molecule has 112 valence electrons. The lowest BCUT2D eigenvalue weighted by molar-refractivity contribution is 0.411. The van der Waals surface area contributed by atoms with Gasteiger partial charge in [-0.05, 0) is 20.4 Å². The first-order chi connectivity index (χ1) is 9.25. The summed E-state index contributed by atoms with van der Waals surface area (Å²) in [6.45, 7) is 6.26. The number of imidazole rings is 1. The molecule has 2 aromatic rings. The molecule has 2 rings (SSSR count). The minimum atomic E-state index is -3.16. The third-order valence-corrected chi connectivity index (χ3v) is 6.77. The van der Waals surface area contributed by atoms with Crippen molar-refractivity contribution in [1.82, 2.24) is 14.7 Å². The van der Waals surface area contributed by atoms with E-state index >= 15 is 0 Å². The number of sulfone groups is 1. The number of aromatic nitrogens is 2. The molecule has 0 aliphatic heterocycles. The normalized spacial score (nSPS) is 14.8. The molecular formula is C13H21N3O2S2. The van der Waals surface area contributed by atoms with E-state index in [1.807, 2.05) is 29.1 Å². The van der Waals surface area contributed by atoms with E-state index in [1.165, 1.54) is 6.26 Å². The maximum atomic E-state index is 12.0. The van der Waals surface area contributed by atoms with Crippen molar-refractivity contribution in [2.45, 2.75) is 38.0 Å². The quantitative estimate of drug-likeness (QED) is 0.882. The van der Waals surface area contributed by atoms with E-state index in [0.29, 0.717) is 6.42 Å². The molecule has 7 heteroatoms. The SMILES string of the molecule is CCNC(Cc1cn2ccsc2n1)C(C)(C)S(C)(=O)=O. The van der Waals surface area contributed by atoms with Crippen LogP contribution >= 0.6 is 11.3 Å². The van der Waals surface area contributed by atoms with Crippen LogP contribution in [0.3, 0.4) is 0 Å². The van der Waals surface area contributed by atoms with Crippen molar-refractivity contribution in [2.75, 3.05) is 12.8 Å². The fourth-order valence-corrected chi connectivity index (χ4v) is 3.55. The third-order valence-electron chi connectivity index (χ3n) is 3.80. The maximum absolute atomic E-state index is 12.0. The van der Waals surface area contributed by atoms with E-state index in [-0.39, 0.29) is 6.04 Å². The average Bonchev–Trinajstić information content (AvgIpc) is 2.87. The molecule has 2 aromatic heterocycles. The lowest BCUT2D eigenvalue weighted by atomic mass is 9.98. The van der Waals surface area contributed by atoms with Crippen molar-refractivity contribution >= 4 is 26.1 Å². The summed E-state index contributed by atoms with van der Waals surface area (Å²) in [5.41, 5.74) is 0.916. The Balaban J connectivity index is 2.27. The van der Waals surface area contributed by atoms with Crippen molar-refractivity contribution < 1.29 is 8.42 Å². The molecule has 0 aromatic carbocycles. The lowest BCUT2D eigenvalue weighted by Crippen LogP contribution is -2.52. The van der Waals surface area contributed by atoms with Gasteiger partial charge >= 0.3 is 0 Å². The van der Waals surface area contributed by atoms with Gasteiger partial charge in [-0.3, -0.25) is 4.40 Å². The van der Waals surface area contributed by atoms with Crippen LogP contribution in [0.5, 0.6) is 0 Å². The van der Waals surface area contributed by atoms with E-state index in [4.69, 9.17) is 0 Å². The van der Waals surface area contributed by atoms with Gasteiger partial charge in [0.1, 0.15) is 0 Å². The second kappa shape index (κ2) is 5.46. The number of rotatable bonds is 6. The fraction of sp³-hybridized carbons (Fsp3) is 0.615. The zero-order chi connectivity index (χ0) is 15.0. The predicted octanol–water partition coefficient (Wildman–Crippen LogP) is 1.74. The number of thiazole rings is 1. The van der Waals surface area contributed by atoms with Gasteiger partial charge in [0.25, 0.3) is 0 Å². The molecule has 0 fully saturated rings. The topological polar surface area (TPSA) is 63.5 Å². The van der Waals surface area contributed by atoms with Crippen LogP contribution in [-0.4, -0.2) is 41.4 Å². The monoisotopic (exact) mass is 315 g/mol. The van der Waals surface area contributed by atoms with Crippen molar-refractivity contribution in [3.63, 3.8) is 0 Å². The first-order valence-electron chi connectivity index (χ1n) is 6.59. The van der Waals surface area contributed by atoms with Crippen molar-refractivity contribution in [1.29, 1.82) is 0 Å². The largest absolute Gasteiger partial charge is 0.312 e. The van der Waals surface area contributed by atoms with Crippen LogP contribution in [0.25, 0.3) is 4.96 Å². The highest BCUT2D eigenvalue weighted by atomic mass is 32.2. The Bertz CT molecular complexity index is 657. The minimum absolute atomic E-state index is 0.160. The predicted molar refractivity (Wildman–Crippen MR) is 83.2 cm³/mol.